The van der Waals surface area contributed by atoms with E-state index in [2.05, 4.69) is 10.3 Å². The van der Waals surface area contributed by atoms with Crippen molar-refractivity contribution < 1.29 is 8.42 Å². The molecule has 0 radical (unpaired) electrons. The molecule has 1 unspecified atom stereocenters. The first-order valence-electron chi connectivity index (χ1n) is 5.65. The Kier molecular flexibility index (Phi) is 4.75. The van der Waals surface area contributed by atoms with Gasteiger partial charge >= 0.3 is 0 Å². The first-order chi connectivity index (χ1) is 8.20. The van der Waals surface area contributed by atoms with Crippen LogP contribution in [-0.2, 0) is 16.3 Å². The number of hydrogen-bond donors (Lipinski definition) is 1. The summed E-state index contributed by atoms with van der Waals surface area (Å²) in [6.07, 6.45) is 5.02. The zero-order valence-electron chi connectivity index (χ0n) is 11.1. The molecule has 1 rings (SSSR count). The Labute approximate surface area is 114 Å². The molecule has 0 fully saturated rings. The van der Waals surface area contributed by atoms with E-state index in [1.165, 1.54) is 6.26 Å². The molecule has 0 aliphatic heterocycles. The summed E-state index contributed by atoms with van der Waals surface area (Å²) in [6, 6.07) is 1.60. The van der Waals surface area contributed by atoms with Crippen LogP contribution in [0.2, 0.25) is 5.02 Å². The topological polar surface area (TPSA) is 59.1 Å². The van der Waals surface area contributed by atoms with Gasteiger partial charge in [-0.1, -0.05) is 11.6 Å². The number of nitrogens with zero attached hydrogens (tertiary/aromatic N) is 1. The number of hydrogen-bond acceptors (Lipinski definition) is 4. The van der Waals surface area contributed by atoms with Crippen molar-refractivity contribution >= 4 is 21.4 Å². The molecule has 4 nitrogen and oxygen atoms in total. The summed E-state index contributed by atoms with van der Waals surface area (Å²) in [6.45, 7) is 3.44. The molecule has 0 saturated carbocycles. The Morgan fingerprint density at radius 1 is 1.50 bits per heavy atom. The summed E-state index contributed by atoms with van der Waals surface area (Å²) >= 11 is 6.05. The van der Waals surface area contributed by atoms with E-state index in [9.17, 15) is 8.42 Å². The van der Waals surface area contributed by atoms with Crippen molar-refractivity contribution in [3.63, 3.8) is 0 Å². The third-order valence-corrected chi connectivity index (χ3v) is 5.96. The maximum absolute atomic E-state index is 11.8. The molecular formula is C12H19ClN2O2S. The third-order valence-electron chi connectivity index (χ3n) is 3.42. The summed E-state index contributed by atoms with van der Waals surface area (Å²) in [7, 11) is -1.41. The summed E-state index contributed by atoms with van der Waals surface area (Å²) < 4.78 is 22.8. The van der Waals surface area contributed by atoms with Gasteiger partial charge < -0.3 is 5.32 Å². The molecule has 1 aromatic heterocycles. The van der Waals surface area contributed by atoms with Crippen molar-refractivity contribution in [1.29, 1.82) is 0 Å². The predicted molar refractivity (Wildman–Crippen MR) is 74.7 cm³/mol. The quantitative estimate of drug-likeness (QED) is 0.896. The van der Waals surface area contributed by atoms with Gasteiger partial charge in [-0.15, -0.1) is 0 Å². The second kappa shape index (κ2) is 5.55. The lowest BCUT2D eigenvalue weighted by molar-refractivity contribution is 0.430. The minimum atomic E-state index is -3.17. The van der Waals surface area contributed by atoms with Gasteiger partial charge in [0.05, 0.1) is 9.77 Å². The van der Waals surface area contributed by atoms with Crippen LogP contribution in [0.1, 0.15) is 19.4 Å². The molecule has 1 N–H and O–H groups in total. The van der Waals surface area contributed by atoms with E-state index in [1.54, 1.807) is 33.3 Å². The largest absolute Gasteiger partial charge is 0.315 e. The van der Waals surface area contributed by atoms with Crippen molar-refractivity contribution in [2.24, 2.45) is 0 Å². The van der Waals surface area contributed by atoms with Crippen molar-refractivity contribution in [2.75, 3.05) is 13.3 Å². The van der Waals surface area contributed by atoms with Gasteiger partial charge in [-0.2, -0.15) is 0 Å². The molecule has 0 bridgehead atoms. The van der Waals surface area contributed by atoms with E-state index in [1.807, 2.05) is 6.07 Å². The number of sulfone groups is 1. The lowest BCUT2D eigenvalue weighted by atomic mass is 9.96. The van der Waals surface area contributed by atoms with E-state index >= 15 is 0 Å². The molecule has 1 heterocycles. The summed E-state index contributed by atoms with van der Waals surface area (Å²) in [5.74, 6) is 0. The standard InChI is InChI=1S/C12H19ClN2O2S/c1-12(2,18(4,16)17)11(14-3)7-9-5-6-15-8-10(9)13/h5-6,8,11,14H,7H2,1-4H3. The Morgan fingerprint density at radius 2 is 2.11 bits per heavy atom. The van der Waals surface area contributed by atoms with Crippen LogP contribution >= 0.6 is 11.6 Å². The normalized spacial score (nSPS) is 14.5. The van der Waals surface area contributed by atoms with Crippen molar-refractivity contribution in [3.8, 4) is 0 Å². The van der Waals surface area contributed by atoms with E-state index in [0.29, 0.717) is 11.4 Å². The summed E-state index contributed by atoms with van der Waals surface area (Å²) in [5.41, 5.74) is 0.891. The fraction of sp³-hybridized carbons (Fsp3) is 0.583. The van der Waals surface area contributed by atoms with Crippen LogP contribution in [0.4, 0.5) is 0 Å². The van der Waals surface area contributed by atoms with Gasteiger partial charge in [0.1, 0.15) is 0 Å². The van der Waals surface area contributed by atoms with Crippen molar-refractivity contribution in [2.45, 2.75) is 31.1 Å². The van der Waals surface area contributed by atoms with Crippen LogP contribution < -0.4 is 5.32 Å². The maximum atomic E-state index is 11.8. The molecule has 0 amide bonds. The monoisotopic (exact) mass is 290 g/mol. The highest BCUT2D eigenvalue weighted by Gasteiger charge is 2.38. The first kappa shape index (κ1) is 15.4. The molecule has 1 atom stereocenters. The first-order valence-corrected chi connectivity index (χ1v) is 7.92. The van der Waals surface area contributed by atoms with Gasteiger partial charge in [-0.25, -0.2) is 8.42 Å². The number of aromatic nitrogens is 1. The second-order valence-electron chi connectivity index (χ2n) is 4.89. The fourth-order valence-corrected chi connectivity index (χ4v) is 2.66. The molecule has 0 aliphatic rings. The molecule has 1 aromatic rings. The lowest BCUT2D eigenvalue weighted by Crippen LogP contribution is -2.51. The van der Waals surface area contributed by atoms with Crippen LogP contribution in [0.15, 0.2) is 18.5 Å². The van der Waals surface area contributed by atoms with E-state index in [0.717, 1.165) is 5.56 Å². The molecule has 18 heavy (non-hydrogen) atoms. The minimum Gasteiger partial charge on any atom is -0.315 e. The number of rotatable bonds is 5. The summed E-state index contributed by atoms with van der Waals surface area (Å²) in [5, 5.41) is 3.62. The smallest absolute Gasteiger partial charge is 0.154 e. The number of halogens is 1. The van der Waals surface area contributed by atoms with Crippen LogP contribution in [0.25, 0.3) is 0 Å². The van der Waals surface area contributed by atoms with E-state index < -0.39 is 14.6 Å². The van der Waals surface area contributed by atoms with Crippen LogP contribution in [-0.4, -0.2) is 37.5 Å². The lowest BCUT2D eigenvalue weighted by Gasteiger charge is -2.32. The van der Waals surface area contributed by atoms with Gasteiger partial charge in [-0.3, -0.25) is 4.98 Å². The Hall–Kier alpha value is -0.650. The number of likely N-dealkylation sites (N-methyl/N-ethyl adjacent to an activating group) is 1. The van der Waals surface area contributed by atoms with Crippen LogP contribution in [0.5, 0.6) is 0 Å². The zero-order chi connectivity index (χ0) is 14.0. The SMILES string of the molecule is CNC(Cc1ccncc1Cl)C(C)(C)S(C)(=O)=O. The van der Waals surface area contributed by atoms with Crippen molar-refractivity contribution in [3.05, 3.63) is 29.0 Å². The Morgan fingerprint density at radius 3 is 2.56 bits per heavy atom. The molecule has 102 valence electrons. The second-order valence-corrected chi connectivity index (χ2v) is 7.89. The number of pyridine rings is 1. The maximum Gasteiger partial charge on any atom is 0.154 e. The Bertz CT molecular complexity index is 515. The highest BCUT2D eigenvalue weighted by molar-refractivity contribution is 7.92. The minimum absolute atomic E-state index is 0.215. The predicted octanol–water partition coefficient (Wildman–Crippen LogP) is 1.69. The average molecular weight is 291 g/mol. The number of nitrogens with one attached hydrogen (secondary N) is 1. The van der Waals surface area contributed by atoms with Gasteiger partial charge in [0.15, 0.2) is 9.84 Å². The third kappa shape index (κ3) is 3.22. The summed E-state index contributed by atoms with van der Waals surface area (Å²) in [4.78, 5) is 3.92. The molecule has 0 aliphatic carbocycles. The van der Waals surface area contributed by atoms with Crippen LogP contribution in [0.3, 0.4) is 0 Å². The van der Waals surface area contributed by atoms with Crippen LogP contribution in [0, 0.1) is 0 Å². The van der Waals surface area contributed by atoms with Gasteiger partial charge in [0.2, 0.25) is 0 Å². The van der Waals surface area contributed by atoms with E-state index in [-0.39, 0.29) is 6.04 Å². The Balaban J connectivity index is 3.04. The molecule has 0 saturated heterocycles. The molecule has 0 spiro atoms. The fourth-order valence-electron chi connectivity index (χ4n) is 1.74. The molecule has 0 aromatic carbocycles. The molecular weight excluding hydrogens is 272 g/mol. The van der Waals surface area contributed by atoms with E-state index in [4.69, 9.17) is 11.6 Å². The highest BCUT2D eigenvalue weighted by Crippen LogP contribution is 2.25. The van der Waals surface area contributed by atoms with Gasteiger partial charge in [0.25, 0.3) is 0 Å². The average Bonchev–Trinajstić information content (AvgIpc) is 2.26. The zero-order valence-corrected chi connectivity index (χ0v) is 12.6. The highest BCUT2D eigenvalue weighted by atomic mass is 35.5. The molecule has 6 heteroatoms. The van der Waals surface area contributed by atoms with Gasteiger partial charge in [-0.05, 0) is 38.9 Å². The van der Waals surface area contributed by atoms with Crippen molar-refractivity contribution in [1.82, 2.24) is 10.3 Å². The van der Waals surface area contributed by atoms with Gasteiger partial charge in [0, 0.05) is 24.7 Å².